The highest BCUT2D eigenvalue weighted by molar-refractivity contribution is 6.30. The van der Waals surface area contributed by atoms with Crippen LogP contribution in [0.2, 0.25) is 5.02 Å². The van der Waals surface area contributed by atoms with Gasteiger partial charge in [0.1, 0.15) is 29.7 Å². The number of aromatic nitrogens is 5. The third kappa shape index (κ3) is 5.47. The number of rotatable bonds is 9. The number of benzene rings is 2. The monoisotopic (exact) mass is 615 g/mol. The van der Waals surface area contributed by atoms with Crippen LogP contribution in [-0.4, -0.2) is 47.7 Å². The predicted molar refractivity (Wildman–Crippen MR) is 158 cm³/mol. The molecule has 9 nitrogen and oxygen atoms in total. The van der Waals surface area contributed by atoms with Gasteiger partial charge in [0.15, 0.2) is 0 Å². The van der Waals surface area contributed by atoms with E-state index in [4.69, 9.17) is 21.1 Å². The molecule has 0 unspecified atom stereocenters. The number of nitrogens with zero attached hydrogens (tertiary/aromatic N) is 5. The van der Waals surface area contributed by atoms with Crippen molar-refractivity contribution in [2.75, 3.05) is 6.61 Å². The molecular formula is C32H24ClF2N5O4. The molecule has 1 atom stereocenters. The molecule has 1 aliphatic heterocycles. The van der Waals surface area contributed by atoms with E-state index in [1.54, 1.807) is 53.2 Å². The van der Waals surface area contributed by atoms with E-state index in [0.29, 0.717) is 46.4 Å². The predicted octanol–water partition coefficient (Wildman–Crippen LogP) is 6.33. The molecule has 0 radical (unpaired) electrons. The number of halogens is 3. The van der Waals surface area contributed by atoms with Gasteiger partial charge < -0.3 is 23.5 Å². The maximum absolute atomic E-state index is 15.5. The van der Waals surface area contributed by atoms with Crippen molar-refractivity contribution in [1.82, 2.24) is 23.9 Å². The van der Waals surface area contributed by atoms with E-state index in [1.807, 2.05) is 4.57 Å². The molecule has 1 fully saturated rings. The summed E-state index contributed by atoms with van der Waals surface area (Å²) in [6.45, 7) is 1.19. The van der Waals surface area contributed by atoms with E-state index in [1.165, 1.54) is 12.1 Å². The summed E-state index contributed by atoms with van der Waals surface area (Å²) < 4.78 is 46.0. The highest BCUT2D eigenvalue weighted by atomic mass is 35.5. The Labute approximate surface area is 254 Å². The molecule has 1 aliphatic rings. The number of carboxylic acid groups (broad SMARTS) is 1. The first-order valence-electron chi connectivity index (χ1n) is 13.9. The van der Waals surface area contributed by atoms with Crippen molar-refractivity contribution >= 4 is 34.3 Å². The summed E-state index contributed by atoms with van der Waals surface area (Å²) in [5.41, 5.74) is 2.94. The van der Waals surface area contributed by atoms with Gasteiger partial charge in [-0.25, -0.2) is 28.5 Å². The van der Waals surface area contributed by atoms with Crippen LogP contribution in [0, 0.1) is 11.6 Å². The molecule has 0 saturated carbocycles. The number of pyridine rings is 2. The first-order chi connectivity index (χ1) is 21.3. The van der Waals surface area contributed by atoms with Gasteiger partial charge in [-0.1, -0.05) is 17.7 Å². The van der Waals surface area contributed by atoms with Crippen LogP contribution in [0.1, 0.15) is 33.9 Å². The van der Waals surface area contributed by atoms with Crippen LogP contribution >= 0.6 is 11.6 Å². The van der Waals surface area contributed by atoms with Crippen molar-refractivity contribution in [1.29, 1.82) is 0 Å². The van der Waals surface area contributed by atoms with E-state index >= 15 is 8.78 Å². The van der Waals surface area contributed by atoms with Gasteiger partial charge in [-0.2, -0.15) is 0 Å². The molecule has 12 heteroatoms. The fraction of sp³-hybridized carbons (Fsp3) is 0.188. The van der Waals surface area contributed by atoms with Crippen molar-refractivity contribution in [3.63, 3.8) is 0 Å². The summed E-state index contributed by atoms with van der Waals surface area (Å²) in [7, 11) is 0. The van der Waals surface area contributed by atoms with E-state index in [2.05, 4.69) is 15.0 Å². The largest absolute Gasteiger partial charge is 0.478 e. The zero-order chi connectivity index (χ0) is 30.4. The molecule has 0 bridgehead atoms. The zero-order valence-electron chi connectivity index (χ0n) is 23.1. The standard InChI is InChI=1S/C32H24ClF2N5O4/c33-20-5-7-29-36-21(15-39(29)14-20)17-44-31-3-1-2-26(38-31)23-13-24(34)19(10-25(23)35)12-30-37-27-6-4-18(32(41)42)11-28(27)40(30)16-22-8-9-43-22/h1-7,10-11,13-15,22H,8-9,12,16-17H2,(H,41,42)/t22-/m0/s1. The van der Waals surface area contributed by atoms with E-state index < -0.39 is 17.6 Å². The van der Waals surface area contributed by atoms with Crippen molar-refractivity contribution in [2.45, 2.75) is 32.1 Å². The molecule has 222 valence electrons. The van der Waals surface area contributed by atoms with Gasteiger partial charge in [0, 0.05) is 37.1 Å². The number of carbonyl (C=O) groups is 1. The first-order valence-corrected chi connectivity index (χ1v) is 14.2. The van der Waals surface area contributed by atoms with Crippen molar-refractivity contribution in [2.24, 2.45) is 0 Å². The lowest BCUT2D eigenvalue weighted by molar-refractivity contribution is -0.0589. The maximum atomic E-state index is 15.5. The summed E-state index contributed by atoms with van der Waals surface area (Å²) in [4.78, 5) is 25.1. The summed E-state index contributed by atoms with van der Waals surface area (Å²) in [6, 6.07) is 15.3. The minimum absolute atomic E-state index is 0.00631. The van der Waals surface area contributed by atoms with E-state index in [9.17, 15) is 9.90 Å². The van der Waals surface area contributed by atoms with Crippen LogP contribution in [0.4, 0.5) is 8.78 Å². The second-order valence-corrected chi connectivity index (χ2v) is 11.0. The Kier molecular flexibility index (Phi) is 7.19. The highest BCUT2D eigenvalue weighted by Crippen LogP contribution is 2.29. The quantitative estimate of drug-likeness (QED) is 0.203. The van der Waals surface area contributed by atoms with E-state index in [-0.39, 0.29) is 47.4 Å². The summed E-state index contributed by atoms with van der Waals surface area (Å²) in [5.74, 6) is -1.63. The van der Waals surface area contributed by atoms with Gasteiger partial charge in [0.25, 0.3) is 0 Å². The number of ether oxygens (including phenoxy) is 2. The topological polar surface area (TPSA) is 104 Å². The molecule has 0 aliphatic carbocycles. The molecule has 1 N–H and O–H groups in total. The van der Waals surface area contributed by atoms with Crippen LogP contribution in [0.3, 0.4) is 0 Å². The molecule has 44 heavy (non-hydrogen) atoms. The van der Waals surface area contributed by atoms with E-state index in [0.717, 1.165) is 18.6 Å². The molecule has 0 amide bonds. The number of imidazole rings is 2. The van der Waals surface area contributed by atoms with Crippen molar-refractivity contribution in [3.8, 4) is 17.1 Å². The number of hydrogen-bond acceptors (Lipinski definition) is 6. The Morgan fingerprint density at radius 1 is 1.05 bits per heavy atom. The number of aromatic carboxylic acids is 1. The van der Waals surface area contributed by atoms with Crippen molar-refractivity contribution < 1.29 is 28.2 Å². The molecule has 1 saturated heterocycles. The van der Waals surface area contributed by atoms with Crippen LogP contribution in [-0.2, 0) is 24.3 Å². The zero-order valence-corrected chi connectivity index (χ0v) is 23.8. The number of carboxylic acids is 1. The maximum Gasteiger partial charge on any atom is 0.335 e. The molecule has 6 aromatic rings. The fourth-order valence-electron chi connectivity index (χ4n) is 5.25. The molecular weight excluding hydrogens is 592 g/mol. The van der Waals surface area contributed by atoms with Crippen LogP contribution in [0.15, 0.2) is 73.1 Å². The van der Waals surface area contributed by atoms with Crippen LogP contribution in [0.5, 0.6) is 5.88 Å². The molecule has 4 aromatic heterocycles. The van der Waals surface area contributed by atoms with Crippen molar-refractivity contribution in [3.05, 3.63) is 112 Å². The van der Waals surface area contributed by atoms with Gasteiger partial charge in [0.05, 0.1) is 45.7 Å². The van der Waals surface area contributed by atoms with Crippen LogP contribution < -0.4 is 4.74 Å². The number of fused-ring (bicyclic) bond motifs is 2. The summed E-state index contributed by atoms with van der Waals surface area (Å²) >= 11 is 6.04. The Balaban J connectivity index is 1.14. The van der Waals surface area contributed by atoms with Crippen LogP contribution in [0.25, 0.3) is 27.9 Å². The first kappa shape index (κ1) is 27.9. The molecule has 5 heterocycles. The third-order valence-electron chi connectivity index (χ3n) is 7.57. The van der Waals surface area contributed by atoms with Gasteiger partial charge in [-0.05, 0) is 60.5 Å². The van der Waals surface area contributed by atoms with Gasteiger partial charge in [-0.3, -0.25) is 0 Å². The Morgan fingerprint density at radius 2 is 1.91 bits per heavy atom. The van der Waals surface area contributed by atoms with Gasteiger partial charge in [0.2, 0.25) is 5.88 Å². The molecule has 7 rings (SSSR count). The molecule has 2 aromatic carbocycles. The third-order valence-corrected chi connectivity index (χ3v) is 7.79. The fourth-order valence-corrected chi connectivity index (χ4v) is 5.41. The number of hydrogen-bond donors (Lipinski definition) is 1. The summed E-state index contributed by atoms with van der Waals surface area (Å²) in [5, 5.41) is 10.0. The van der Waals surface area contributed by atoms with Gasteiger partial charge >= 0.3 is 5.97 Å². The second-order valence-electron chi connectivity index (χ2n) is 10.5. The second kappa shape index (κ2) is 11.3. The lowest BCUT2D eigenvalue weighted by atomic mass is 10.0. The smallest absolute Gasteiger partial charge is 0.335 e. The minimum Gasteiger partial charge on any atom is -0.478 e. The average molecular weight is 616 g/mol. The molecule has 0 spiro atoms. The van der Waals surface area contributed by atoms with Gasteiger partial charge in [-0.15, -0.1) is 0 Å². The lowest BCUT2D eigenvalue weighted by Gasteiger charge is -2.27. The minimum atomic E-state index is -1.06. The lowest BCUT2D eigenvalue weighted by Crippen LogP contribution is -2.31. The Bertz CT molecular complexity index is 2060. The SMILES string of the molecule is O=C(O)c1ccc2nc(Cc3cc(F)c(-c4cccc(OCc5cn6cc(Cl)ccc6n5)n4)cc3F)n(C[C@@H]3CCO3)c2c1. The average Bonchev–Trinajstić information content (AvgIpc) is 3.55. The highest BCUT2D eigenvalue weighted by Gasteiger charge is 2.24. The Morgan fingerprint density at radius 3 is 2.70 bits per heavy atom. The normalized spacial score (nSPS) is 14.7. The Hall–Kier alpha value is -4.87. The summed E-state index contributed by atoms with van der Waals surface area (Å²) in [6.07, 6.45) is 4.31.